The number of carbonyl (C=O) groups is 3. The van der Waals surface area contributed by atoms with Gasteiger partial charge < -0.3 is 20.2 Å². The highest BCUT2D eigenvalue weighted by atomic mass is 31.2. The van der Waals surface area contributed by atoms with Crippen LogP contribution in [0.1, 0.15) is 30.9 Å². The van der Waals surface area contributed by atoms with E-state index in [0.29, 0.717) is 58.3 Å². The molecular weight excluding hydrogens is 515 g/mol. The van der Waals surface area contributed by atoms with Crippen LogP contribution in [0.4, 0.5) is 0 Å². The quantitative estimate of drug-likeness (QED) is 0.287. The van der Waals surface area contributed by atoms with Gasteiger partial charge in [0.05, 0.1) is 32.1 Å². The van der Waals surface area contributed by atoms with Crippen molar-refractivity contribution in [2.75, 3.05) is 78.3 Å². The average Bonchev–Trinajstić information content (AvgIpc) is 2.79. The Labute approximate surface area is 223 Å². The van der Waals surface area contributed by atoms with Crippen molar-refractivity contribution in [3.8, 4) is 0 Å². The lowest BCUT2D eigenvalue weighted by Gasteiger charge is -2.33. The first-order valence-electron chi connectivity index (χ1n) is 12.8. The van der Waals surface area contributed by atoms with Crippen LogP contribution in [0.2, 0.25) is 0 Å². The summed E-state index contributed by atoms with van der Waals surface area (Å²) in [6.45, 7) is 5.85. The van der Waals surface area contributed by atoms with Gasteiger partial charge in [0.15, 0.2) is 0 Å². The number of carboxylic acid groups (broad SMARTS) is 3. The van der Waals surface area contributed by atoms with E-state index in [2.05, 4.69) is 13.8 Å². The highest BCUT2D eigenvalue weighted by Gasteiger charge is 2.26. The van der Waals surface area contributed by atoms with Gasteiger partial charge in [-0.2, -0.15) is 0 Å². The third kappa shape index (κ3) is 12.5. The zero-order valence-electron chi connectivity index (χ0n) is 22.2. The van der Waals surface area contributed by atoms with Crippen LogP contribution in [-0.2, 0) is 25.1 Å². The minimum Gasteiger partial charge on any atom is -0.480 e. The third-order valence-corrected chi connectivity index (χ3v) is 8.20. The third-order valence-electron chi connectivity index (χ3n) is 6.50. The minimum atomic E-state index is -3.64. The topological polar surface area (TPSA) is 162 Å². The van der Waals surface area contributed by atoms with E-state index in [1.54, 1.807) is 19.6 Å². The fraction of sp³-hybridized carbons (Fsp3) is 0.640. The molecule has 0 bridgehead atoms. The van der Waals surface area contributed by atoms with Crippen molar-refractivity contribution in [2.45, 2.75) is 25.9 Å². The normalized spacial score (nSPS) is 19.4. The van der Waals surface area contributed by atoms with Gasteiger partial charge in [-0.05, 0) is 17.0 Å². The fourth-order valence-corrected chi connectivity index (χ4v) is 6.21. The van der Waals surface area contributed by atoms with E-state index in [1.807, 2.05) is 24.3 Å². The number of hydrogen-bond donors (Lipinski definition) is 4. The summed E-state index contributed by atoms with van der Waals surface area (Å²) in [5.74, 6) is -2.70. The Balaban J connectivity index is 2.17. The molecule has 214 valence electrons. The Hall–Kier alpha value is -2.34. The largest absolute Gasteiger partial charge is 0.480 e. The molecule has 38 heavy (non-hydrogen) atoms. The van der Waals surface area contributed by atoms with Crippen molar-refractivity contribution in [3.63, 3.8) is 0 Å². The van der Waals surface area contributed by atoms with E-state index in [-0.39, 0.29) is 32.1 Å². The lowest BCUT2D eigenvalue weighted by molar-refractivity contribution is -0.140. The maximum absolute atomic E-state index is 13.2. The summed E-state index contributed by atoms with van der Waals surface area (Å²) in [4.78, 5) is 51.8. The van der Waals surface area contributed by atoms with Gasteiger partial charge in [0, 0.05) is 52.4 Å². The van der Waals surface area contributed by atoms with Crippen molar-refractivity contribution in [1.29, 1.82) is 0 Å². The first-order valence-corrected chi connectivity index (χ1v) is 14.8. The van der Waals surface area contributed by atoms with Crippen molar-refractivity contribution < 1.29 is 39.2 Å². The van der Waals surface area contributed by atoms with E-state index in [9.17, 15) is 39.2 Å². The number of hydrogen-bond acceptors (Lipinski definition) is 8. The Bertz CT molecular complexity index is 943. The predicted octanol–water partition coefficient (Wildman–Crippen LogP) is 1.01. The highest BCUT2D eigenvalue weighted by Crippen LogP contribution is 2.45. The average molecular weight is 557 g/mol. The lowest BCUT2D eigenvalue weighted by atomic mass is 10.0. The lowest BCUT2D eigenvalue weighted by Crippen LogP contribution is -2.48. The van der Waals surface area contributed by atoms with Crippen molar-refractivity contribution in [3.05, 3.63) is 35.4 Å². The Kier molecular flexibility index (Phi) is 12.8. The van der Waals surface area contributed by atoms with Crippen LogP contribution in [0.5, 0.6) is 0 Å². The van der Waals surface area contributed by atoms with E-state index in [1.165, 1.54) is 0 Å². The first-order chi connectivity index (χ1) is 17.8. The fourth-order valence-electron chi connectivity index (χ4n) is 4.42. The van der Waals surface area contributed by atoms with Crippen LogP contribution < -0.4 is 0 Å². The molecule has 1 atom stereocenters. The summed E-state index contributed by atoms with van der Waals surface area (Å²) >= 11 is 0. The molecule has 0 amide bonds. The van der Waals surface area contributed by atoms with Crippen molar-refractivity contribution in [1.82, 2.24) is 19.6 Å². The van der Waals surface area contributed by atoms with Crippen LogP contribution >= 0.6 is 7.37 Å². The summed E-state index contributed by atoms with van der Waals surface area (Å²) in [5.41, 5.74) is 1.90. The van der Waals surface area contributed by atoms with E-state index in [0.717, 1.165) is 11.1 Å². The first kappa shape index (κ1) is 31.9. The molecule has 0 saturated carbocycles. The molecule has 1 aliphatic heterocycles. The Morgan fingerprint density at radius 1 is 0.711 bits per heavy atom. The highest BCUT2D eigenvalue weighted by molar-refractivity contribution is 7.57. The van der Waals surface area contributed by atoms with E-state index < -0.39 is 25.3 Å². The van der Waals surface area contributed by atoms with Crippen LogP contribution in [0.15, 0.2) is 24.3 Å². The number of carboxylic acids is 3. The molecular formula is C25H41N4O8P. The SMILES string of the molecule is CC(C)c1ccc(CP(=O)(O)CN2CCN(CC(=O)O)CCN(CC(=O)O)CCN(CC(=O)O)CC2)cc1. The molecule has 1 heterocycles. The molecule has 0 spiro atoms. The molecule has 1 aromatic carbocycles. The van der Waals surface area contributed by atoms with Gasteiger partial charge in [0.2, 0.25) is 7.37 Å². The van der Waals surface area contributed by atoms with Crippen LogP contribution in [0.25, 0.3) is 0 Å². The molecule has 0 aliphatic carbocycles. The maximum atomic E-state index is 13.2. The molecule has 1 saturated heterocycles. The predicted molar refractivity (Wildman–Crippen MR) is 143 cm³/mol. The molecule has 2 rings (SSSR count). The van der Waals surface area contributed by atoms with Gasteiger partial charge in [-0.25, -0.2) is 0 Å². The monoisotopic (exact) mass is 556 g/mol. The zero-order chi connectivity index (χ0) is 28.3. The number of aliphatic carboxylic acids is 3. The standard InChI is InChI=1S/C25H41N4O8P/c1-20(2)22-5-3-21(4-6-22)18-38(36,37)19-29-13-11-27(16-24(32)33)9-7-26(15-23(30)31)8-10-28(12-14-29)17-25(34)35/h3-6,20H,7-19H2,1-2H3,(H,30,31)(H,32,33)(H,34,35)(H,36,37). The Morgan fingerprint density at radius 3 is 1.37 bits per heavy atom. The number of benzene rings is 1. The molecule has 4 N–H and O–H groups in total. The second-order valence-electron chi connectivity index (χ2n) is 10.2. The molecule has 1 fully saturated rings. The molecule has 12 nitrogen and oxygen atoms in total. The number of nitrogens with zero attached hydrogens (tertiary/aromatic N) is 4. The second-order valence-corrected chi connectivity index (χ2v) is 12.5. The summed E-state index contributed by atoms with van der Waals surface area (Å²) in [5, 5.41) is 27.9. The summed E-state index contributed by atoms with van der Waals surface area (Å²) in [7, 11) is -3.64. The van der Waals surface area contributed by atoms with Crippen LogP contribution in [-0.4, -0.2) is 136 Å². The van der Waals surface area contributed by atoms with E-state index in [4.69, 9.17) is 0 Å². The molecule has 13 heteroatoms. The van der Waals surface area contributed by atoms with Crippen LogP contribution in [0, 0.1) is 0 Å². The zero-order valence-corrected chi connectivity index (χ0v) is 23.1. The number of rotatable bonds is 11. The summed E-state index contributed by atoms with van der Waals surface area (Å²) in [6.07, 6.45) is -0.102. The van der Waals surface area contributed by atoms with Crippen molar-refractivity contribution >= 4 is 25.3 Å². The van der Waals surface area contributed by atoms with Gasteiger partial charge >= 0.3 is 17.9 Å². The summed E-state index contributed by atoms with van der Waals surface area (Å²) in [6, 6.07) is 7.64. The van der Waals surface area contributed by atoms with Gasteiger partial charge in [0.1, 0.15) is 0 Å². The molecule has 0 aromatic heterocycles. The minimum absolute atomic E-state index is 0.00367. The van der Waals surface area contributed by atoms with Gasteiger partial charge in [-0.1, -0.05) is 38.1 Å². The second kappa shape index (κ2) is 15.3. The molecule has 1 unspecified atom stereocenters. The van der Waals surface area contributed by atoms with Gasteiger partial charge in [0.25, 0.3) is 0 Å². The van der Waals surface area contributed by atoms with Crippen LogP contribution in [0.3, 0.4) is 0 Å². The molecule has 1 aliphatic rings. The Morgan fingerprint density at radius 2 is 1.05 bits per heavy atom. The molecule has 0 radical (unpaired) electrons. The van der Waals surface area contributed by atoms with Crippen molar-refractivity contribution in [2.24, 2.45) is 0 Å². The smallest absolute Gasteiger partial charge is 0.317 e. The maximum Gasteiger partial charge on any atom is 0.317 e. The summed E-state index contributed by atoms with van der Waals surface area (Å²) < 4.78 is 13.2. The van der Waals surface area contributed by atoms with Gasteiger partial charge in [-0.3, -0.25) is 38.5 Å². The van der Waals surface area contributed by atoms with E-state index >= 15 is 0 Å². The van der Waals surface area contributed by atoms with Gasteiger partial charge in [-0.15, -0.1) is 0 Å². The molecule has 1 aromatic rings.